The van der Waals surface area contributed by atoms with Gasteiger partial charge in [-0.1, -0.05) is 28.1 Å². The van der Waals surface area contributed by atoms with E-state index in [4.69, 9.17) is 4.74 Å². The van der Waals surface area contributed by atoms with Crippen molar-refractivity contribution in [1.29, 1.82) is 0 Å². The van der Waals surface area contributed by atoms with Crippen LogP contribution >= 0.6 is 15.9 Å². The van der Waals surface area contributed by atoms with E-state index in [2.05, 4.69) is 52.9 Å². The summed E-state index contributed by atoms with van der Waals surface area (Å²) in [6, 6.07) is 7.12. The summed E-state index contributed by atoms with van der Waals surface area (Å²) in [6.45, 7) is 8.11. The summed E-state index contributed by atoms with van der Waals surface area (Å²) in [5, 5.41) is 0. The molecule has 0 spiro atoms. The Morgan fingerprint density at radius 2 is 2.31 bits per heavy atom. The number of nitrogens with zero attached hydrogens (tertiary/aromatic N) is 1. The topological polar surface area (TPSA) is 12.5 Å². The number of aryl methyl sites for hydroxylation is 1. The predicted molar refractivity (Wildman–Crippen MR) is 69.6 cm³/mol. The van der Waals surface area contributed by atoms with Crippen molar-refractivity contribution >= 4 is 15.9 Å². The van der Waals surface area contributed by atoms with Gasteiger partial charge in [0.15, 0.2) is 0 Å². The molecule has 0 radical (unpaired) electrons. The van der Waals surface area contributed by atoms with Crippen LogP contribution in [0.5, 0.6) is 0 Å². The van der Waals surface area contributed by atoms with Gasteiger partial charge in [-0.3, -0.25) is 4.90 Å². The molecule has 1 fully saturated rings. The Kier molecular flexibility index (Phi) is 4.00. The molecule has 1 aromatic carbocycles. The molecular weight excluding hydrogens is 266 g/mol. The zero-order valence-electron chi connectivity index (χ0n) is 9.87. The van der Waals surface area contributed by atoms with Crippen molar-refractivity contribution in [2.24, 2.45) is 0 Å². The maximum absolute atomic E-state index is 5.44. The van der Waals surface area contributed by atoms with Crippen LogP contribution < -0.4 is 0 Å². The third kappa shape index (κ3) is 2.84. The Hall–Kier alpha value is -0.380. The lowest BCUT2D eigenvalue weighted by Crippen LogP contribution is -2.42. The van der Waals surface area contributed by atoms with E-state index in [-0.39, 0.29) is 0 Å². The van der Waals surface area contributed by atoms with E-state index in [1.165, 1.54) is 15.6 Å². The van der Waals surface area contributed by atoms with Crippen LogP contribution in [0.3, 0.4) is 0 Å². The summed E-state index contributed by atoms with van der Waals surface area (Å²) >= 11 is 3.58. The number of ether oxygens (including phenoxy) is 1. The van der Waals surface area contributed by atoms with Crippen LogP contribution in [0.1, 0.15) is 18.1 Å². The first-order valence-corrected chi connectivity index (χ1v) is 6.53. The molecule has 1 unspecified atom stereocenters. The van der Waals surface area contributed by atoms with Crippen molar-refractivity contribution in [3.05, 3.63) is 33.8 Å². The molecule has 1 saturated heterocycles. The van der Waals surface area contributed by atoms with Gasteiger partial charge in [-0.2, -0.15) is 0 Å². The first-order chi connectivity index (χ1) is 7.66. The fourth-order valence-electron chi connectivity index (χ4n) is 1.97. The number of hydrogen-bond acceptors (Lipinski definition) is 2. The Balaban J connectivity index is 2.05. The molecule has 0 N–H and O–H groups in total. The molecule has 2 rings (SSSR count). The van der Waals surface area contributed by atoms with Crippen LogP contribution in [0.25, 0.3) is 0 Å². The maximum Gasteiger partial charge on any atom is 0.0619 e. The Morgan fingerprint density at radius 1 is 1.50 bits per heavy atom. The summed E-state index contributed by atoms with van der Waals surface area (Å²) in [5.74, 6) is 0. The molecule has 0 aromatic heterocycles. The van der Waals surface area contributed by atoms with E-state index in [9.17, 15) is 0 Å². The van der Waals surface area contributed by atoms with Crippen molar-refractivity contribution in [3.8, 4) is 0 Å². The molecule has 16 heavy (non-hydrogen) atoms. The lowest BCUT2D eigenvalue weighted by Gasteiger charge is -2.33. The maximum atomic E-state index is 5.44. The molecule has 1 aliphatic heterocycles. The van der Waals surface area contributed by atoms with Gasteiger partial charge in [0.25, 0.3) is 0 Å². The van der Waals surface area contributed by atoms with Gasteiger partial charge in [-0.25, -0.2) is 0 Å². The minimum atomic E-state index is 0.522. The molecule has 0 amide bonds. The van der Waals surface area contributed by atoms with Gasteiger partial charge in [0.1, 0.15) is 0 Å². The molecule has 0 saturated carbocycles. The van der Waals surface area contributed by atoms with Gasteiger partial charge < -0.3 is 4.74 Å². The fourth-order valence-corrected chi connectivity index (χ4v) is 2.39. The summed E-state index contributed by atoms with van der Waals surface area (Å²) in [4.78, 5) is 2.47. The average Bonchev–Trinajstić information content (AvgIpc) is 2.27. The van der Waals surface area contributed by atoms with Crippen LogP contribution in [-0.2, 0) is 11.3 Å². The van der Waals surface area contributed by atoms with Crippen LogP contribution in [0.4, 0.5) is 0 Å². The zero-order chi connectivity index (χ0) is 11.5. The first-order valence-electron chi connectivity index (χ1n) is 5.73. The molecule has 1 aliphatic rings. The number of halogens is 1. The summed E-state index contributed by atoms with van der Waals surface area (Å²) in [6.07, 6.45) is 0. The fraction of sp³-hybridized carbons (Fsp3) is 0.538. The lowest BCUT2D eigenvalue weighted by molar-refractivity contribution is -0.00437. The van der Waals surface area contributed by atoms with Gasteiger partial charge in [-0.15, -0.1) is 0 Å². The Labute approximate surface area is 106 Å². The molecule has 0 aliphatic carbocycles. The third-order valence-corrected chi connectivity index (χ3v) is 3.98. The quantitative estimate of drug-likeness (QED) is 0.828. The lowest BCUT2D eigenvalue weighted by atomic mass is 10.1. The summed E-state index contributed by atoms with van der Waals surface area (Å²) in [5.41, 5.74) is 2.66. The van der Waals surface area contributed by atoms with Crippen molar-refractivity contribution in [2.45, 2.75) is 26.4 Å². The van der Waals surface area contributed by atoms with E-state index in [1.54, 1.807) is 0 Å². The number of morpholine rings is 1. The second-order valence-electron chi connectivity index (χ2n) is 4.48. The van der Waals surface area contributed by atoms with Crippen molar-refractivity contribution in [3.63, 3.8) is 0 Å². The smallest absolute Gasteiger partial charge is 0.0619 e. The van der Waals surface area contributed by atoms with Crippen LogP contribution in [0, 0.1) is 6.92 Å². The van der Waals surface area contributed by atoms with Crippen molar-refractivity contribution < 1.29 is 4.74 Å². The highest BCUT2D eigenvalue weighted by Crippen LogP contribution is 2.19. The second kappa shape index (κ2) is 5.30. The average molecular weight is 284 g/mol. The molecule has 88 valence electrons. The van der Waals surface area contributed by atoms with Crippen LogP contribution in [0.15, 0.2) is 22.7 Å². The van der Waals surface area contributed by atoms with E-state index in [0.717, 1.165) is 26.3 Å². The number of benzene rings is 1. The van der Waals surface area contributed by atoms with Gasteiger partial charge >= 0.3 is 0 Å². The van der Waals surface area contributed by atoms with Crippen LogP contribution in [0.2, 0.25) is 0 Å². The molecule has 1 aromatic rings. The van der Waals surface area contributed by atoms with Gasteiger partial charge in [0.05, 0.1) is 13.2 Å². The van der Waals surface area contributed by atoms with Crippen molar-refractivity contribution in [1.82, 2.24) is 4.90 Å². The first kappa shape index (κ1) is 12.1. The number of hydrogen-bond donors (Lipinski definition) is 0. The zero-order valence-corrected chi connectivity index (χ0v) is 11.5. The Bertz CT molecular complexity index is 367. The van der Waals surface area contributed by atoms with E-state index < -0.39 is 0 Å². The van der Waals surface area contributed by atoms with E-state index in [0.29, 0.717) is 6.04 Å². The minimum absolute atomic E-state index is 0.522. The monoisotopic (exact) mass is 283 g/mol. The summed E-state index contributed by atoms with van der Waals surface area (Å²) in [7, 11) is 0. The molecule has 0 bridgehead atoms. The SMILES string of the molecule is Cc1ccc(CN2CCOCC2C)cc1Br. The predicted octanol–water partition coefficient (Wildman–Crippen LogP) is 2.98. The molecule has 1 atom stereocenters. The normalized spacial score (nSPS) is 22.3. The highest BCUT2D eigenvalue weighted by Gasteiger charge is 2.18. The molecule has 1 heterocycles. The highest BCUT2D eigenvalue weighted by molar-refractivity contribution is 9.10. The van der Waals surface area contributed by atoms with Gasteiger partial charge in [0.2, 0.25) is 0 Å². The van der Waals surface area contributed by atoms with E-state index in [1.807, 2.05) is 0 Å². The van der Waals surface area contributed by atoms with Gasteiger partial charge in [-0.05, 0) is 31.0 Å². The van der Waals surface area contributed by atoms with E-state index >= 15 is 0 Å². The highest BCUT2D eigenvalue weighted by atomic mass is 79.9. The molecular formula is C13H18BrNO. The minimum Gasteiger partial charge on any atom is -0.379 e. The van der Waals surface area contributed by atoms with Crippen LogP contribution in [-0.4, -0.2) is 30.7 Å². The second-order valence-corrected chi connectivity index (χ2v) is 5.33. The standard InChI is InChI=1S/C13H18BrNO/c1-10-3-4-12(7-13(10)14)8-15-5-6-16-9-11(15)2/h3-4,7,11H,5-6,8-9H2,1-2H3. The Morgan fingerprint density at radius 3 is 3.00 bits per heavy atom. The molecule has 3 heteroatoms. The number of rotatable bonds is 2. The van der Waals surface area contributed by atoms with Gasteiger partial charge in [0, 0.05) is 23.6 Å². The largest absolute Gasteiger partial charge is 0.379 e. The third-order valence-electron chi connectivity index (χ3n) is 3.13. The van der Waals surface area contributed by atoms with Crippen molar-refractivity contribution in [2.75, 3.05) is 19.8 Å². The molecule has 2 nitrogen and oxygen atoms in total. The summed E-state index contributed by atoms with van der Waals surface area (Å²) < 4.78 is 6.64.